The quantitative estimate of drug-likeness (QED) is 0.516. The molecule has 0 bridgehead atoms. The van der Waals surface area contributed by atoms with Crippen molar-refractivity contribution in [2.45, 2.75) is 4.90 Å². The first-order valence-corrected chi connectivity index (χ1v) is 6.70. The van der Waals surface area contributed by atoms with Gasteiger partial charge >= 0.3 is 0 Å². The van der Waals surface area contributed by atoms with Gasteiger partial charge in [-0.05, 0) is 36.5 Å². The van der Waals surface area contributed by atoms with Crippen molar-refractivity contribution in [2.75, 3.05) is 26.4 Å². The summed E-state index contributed by atoms with van der Waals surface area (Å²) in [5, 5.41) is 4.72. The van der Waals surface area contributed by atoms with Crippen molar-refractivity contribution in [1.82, 2.24) is 10.2 Å². The topological polar surface area (TPSA) is 15.3 Å². The predicted octanol–water partition coefficient (Wildman–Crippen LogP) is 2.87. The largest absolute Gasteiger partial charge is 0.362 e. The van der Waals surface area contributed by atoms with E-state index in [0.29, 0.717) is 0 Å². The van der Waals surface area contributed by atoms with Crippen molar-refractivity contribution in [2.24, 2.45) is 0 Å². The van der Waals surface area contributed by atoms with Crippen molar-refractivity contribution in [3.63, 3.8) is 0 Å². The Bertz CT molecular complexity index is 338. The third-order valence-corrected chi connectivity index (χ3v) is 3.64. The Kier molecular flexibility index (Phi) is 5.95. The minimum absolute atomic E-state index is 0.774. The van der Waals surface area contributed by atoms with Crippen LogP contribution in [0.15, 0.2) is 29.2 Å². The standard InChI is InChI=1S/C11H15ClN2S2/c1-14(2)11(15)13-7-8-16-10-5-3-9(12)4-6-10/h3-6H,7-8H2,1-2H3,(H,13,15). The Morgan fingerprint density at radius 3 is 2.56 bits per heavy atom. The number of hydrogen-bond acceptors (Lipinski definition) is 2. The lowest BCUT2D eigenvalue weighted by Gasteiger charge is -2.14. The molecule has 0 saturated heterocycles. The molecule has 2 nitrogen and oxygen atoms in total. The molecule has 0 aliphatic carbocycles. The number of benzene rings is 1. The molecule has 0 saturated carbocycles. The number of thioether (sulfide) groups is 1. The fourth-order valence-corrected chi connectivity index (χ4v) is 2.01. The van der Waals surface area contributed by atoms with Crippen LogP contribution in [0.5, 0.6) is 0 Å². The number of nitrogens with zero attached hydrogens (tertiary/aromatic N) is 1. The van der Waals surface area contributed by atoms with Gasteiger partial charge in [0, 0.05) is 36.3 Å². The van der Waals surface area contributed by atoms with Crippen molar-refractivity contribution in [3.8, 4) is 0 Å². The Labute approximate surface area is 111 Å². The molecule has 1 aromatic rings. The lowest BCUT2D eigenvalue weighted by Crippen LogP contribution is -2.35. The van der Waals surface area contributed by atoms with Gasteiger partial charge in [0.25, 0.3) is 0 Å². The Morgan fingerprint density at radius 1 is 1.38 bits per heavy atom. The molecule has 0 unspecified atom stereocenters. The van der Waals surface area contributed by atoms with E-state index in [1.807, 2.05) is 43.3 Å². The molecule has 0 atom stereocenters. The normalized spacial score (nSPS) is 9.94. The minimum atomic E-state index is 0.774. The summed E-state index contributed by atoms with van der Waals surface area (Å²) in [6, 6.07) is 7.86. The average Bonchev–Trinajstić information content (AvgIpc) is 2.26. The number of nitrogens with one attached hydrogen (secondary N) is 1. The number of rotatable bonds is 4. The first-order valence-electron chi connectivity index (χ1n) is 4.93. The van der Waals surface area contributed by atoms with E-state index in [2.05, 4.69) is 5.32 Å². The summed E-state index contributed by atoms with van der Waals surface area (Å²) < 4.78 is 0. The molecule has 1 rings (SSSR count). The summed E-state index contributed by atoms with van der Waals surface area (Å²) in [6.45, 7) is 0.865. The molecule has 0 amide bonds. The summed E-state index contributed by atoms with van der Waals surface area (Å²) in [5.41, 5.74) is 0. The van der Waals surface area contributed by atoms with Gasteiger partial charge in [-0.3, -0.25) is 0 Å². The Morgan fingerprint density at radius 2 is 2.00 bits per heavy atom. The maximum atomic E-state index is 5.81. The smallest absolute Gasteiger partial charge is 0.168 e. The van der Waals surface area contributed by atoms with Crippen molar-refractivity contribution in [3.05, 3.63) is 29.3 Å². The van der Waals surface area contributed by atoms with E-state index in [9.17, 15) is 0 Å². The molecule has 0 heterocycles. The van der Waals surface area contributed by atoms with Gasteiger partial charge in [-0.2, -0.15) is 0 Å². The predicted molar refractivity (Wildman–Crippen MR) is 76.5 cm³/mol. The summed E-state index contributed by atoms with van der Waals surface area (Å²) in [6.07, 6.45) is 0. The van der Waals surface area contributed by atoms with Crippen LogP contribution < -0.4 is 5.32 Å². The second-order valence-corrected chi connectivity index (χ2v) is 5.42. The summed E-state index contributed by atoms with van der Waals surface area (Å²) >= 11 is 12.7. The summed E-state index contributed by atoms with van der Waals surface area (Å²) in [4.78, 5) is 3.12. The van der Waals surface area contributed by atoms with Gasteiger partial charge in [0.2, 0.25) is 0 Å². The molecule has 88 valence electrons. The first-order chi connectivity index (χ1) is 7.59. The van der Waals surface area contributed by atoms with E-state index >= 15 is 0 Å². The van der Waals surface area contributed by atoms with E-state index in [0.717, 1.165) is 22.4 Å². The zero-order valence-corrected chi connectivity index (χ0v) is 11.8. The first kappa shape index (κ1) is 13.6. The van der Waals surface area contributed by atoms with Crippen LogP contribution in [0.4, 0.5) is 0 Å². The monoisotopic (exact) mass is 274 g/mol. The van der Waals surface area contributed by atoms with Gasteiger partial charge in [-0.15, -0.1) is 11.8 Å². The second-order valence-electron chi connectivity index (χ2n) is 3.43. The zero-order valence-electron chi connectivity index (χ0n) is 9.37. The molecular weight excluding hydrogens is 260 g/mol. The van der Waals surface area contributed by atoms with E-state index < -0.39 is 0 Å². The highest BCUT2D eigenvalue weighted by Gasteiger charge is 1.97. The highest BCUT2D eigenvalue weighted by molar-refractivity contribution is 7.99. The van der Waals surface area contributed by atoms with Crippen LogP contribution >= 0.6 is 35.6 Å². The van der Waals surface area contributed by atoms with Gasteiger partial charge in [-0.25, -0.2) is 0 Å². The lowest BCUT2D eigenvalue weighted by atomic mass is 10.4. The van der Waals surface area contributed by atoms with E-state index in [-0.39, 0.29) is 0 Å². The van der Waals surface area contributed by atoms with E-state index in [1.54, 1.807) is 11.8 Å². The zero-order chi connectivity index (χ0) is 12.0. The van der Waals surface area contributed by atoms with Gasteiger partial charge < -0.3 is 10.2 Å². The lowest BCUT2D eigenvalue weighted by molar-refractivity contribution is 0.605. The Balaban J connectivity index is 2.21. The number of halogens is 1. The van der Waals surface area contributed by atoms with Crippen molar-refractivity contribution < 1.29 is 0 Å². The molecule has 0 fully saturated rings. The van der Waals surface area contributed by atoms with Crippen LogP contribution in [0, 0.1) is 0 Å². The minimum Gasteiger partial charge on any atom is -0.362 e. The van der Waals surface area contributed by atoms with Gasteiger partial charge in [0.1, 0.15) is 0 Å². The number of hydrogen-bond donors (Lipinski definition) is 1. The molecule has 1 aromatic carbocycles. The van der Waals surface area contributed by atoms with Gasteiger partial charge in [0.05, 0.1) is 0 Å². The highest BCUT2D eigenvalue weighted by atomic mass is 35.5. The van der Waals surface area contributed by atoms with Crippen LogP contribution in [-0.2, 0) is 0 Å². The third-order valence-electron chi connectivity index (χ3n) is 1.87. The Hall–Kier alpha value is -0.450. The van der Waals surface area contributed by atoms with Crippen LogP contribution in [0.1, 0.15) is 0 Å². The summed E-state index contributed by atoms with van der Waals surface area (Å²) in [7, 11) is 3.86. The molecule has 16 heavy (non-hydrogen) atoms. The molecule has 0 radical (unpaired) electrons. The second kappa shape index (κ2) is 6.99. The molecule has 0 aliphatic rings. The van der Waals surface area contributed by atoms with Crippen molar-refractivity contribution in [1.29, 1.82) is 0 Å². The molecular formula is C11H15ClN2S2. The van der Waals surface area contributed by atoms with Crippen LogP contribution in [0.25, 0.3) is 0 Å². The average molecular weight is 275 g/mol. The van der Waals surface area contributed by atoms with Crippen molar-refractivity contribution >= 4 is 40.7 Å². The number of thiocarbonyl (C=S) groups is 1. The molecule has 0 aromatic heterocycles. The highest BCUT2D eigenvalue weighted by Crippen LogP contribution is 2.19. The fourth-order valence-electron chi connectivity index (χ4n) is 1.02. The molecule has 1 N–H and O–H groups in total. The maximum absolute atomic E-state index is 5.81. The maximum Gasteiger partial charge on any atom is 0.168 e. The molecule has 5 heteroatoms. The van der Waals surface area contributed by atoms with Gasteiger partial charge in [0.15, 0.2) is 5.11 Å². The summed E-state index contributed by atoms with van der Waals surface area (Å²) in [5.74, 6) is 0.982. The van der Waals surface area contributed by atoms with E-state index in [1.165, 1.54) is 4.90 Å². The molecule has 0 spiro atoms. The van der Waals surface area contributed by atoms with E-state index in [4.69, 9.17) is 23.8 Å². The van der Waals surface area contributed by atoms with Crippen LogP contribution in [0.2, 0.25) is 5.02 Å². The molecule has 0 aliphatic heterocycles. The fraction of sp³-hybridized carbons (Fsp3) is 0.364. The van der Waals surface area contributed by atoms with Crippen LogP contribution in [-0.4, -0.2) is 36.4 Å². The SMILES string of the molecule is CN(C)C(=S)NCCSc1ccc(Cl)cc1. The van der Waals surface area contributed by atoms with Crippen LogP contribution in [0.3, 0.4) is 0 Å². The van der Waals surface area contributed by atoms with Gasteiger partial charge in [-0.1, -0.05) is 11.6 Å². The third kappa shape index (κ3) is 5.05.